The van der Waals surface area contributed by atoms with Crippen LogP contribution in [0.25, 0.3) is 5.52 Å². The number of benzene rings is 1. The number of imidazole rings is 1. The molecule has 1 aliphatic carbocycles. The van der Waals surface area contributed by atoms with Crippen LogP contribution in [0.2, 0.25) is 5.02 Å². The predicted molar refractivity (Wildman–Crippen MR) is 128 cm³/mol. The number of hydrogen-bond donors (Lipinski definition) is 3. The van der Waals surface area contributed by atoms with Crippen LogP contribution in [-0.4, -0.2) is 43.1 Å². The molecule has 182 valence electrons. The van der Waals surface area contributed by atoms with Crippen molar-refractivity contribution in [1.82, 2.24) is 19.7 Å². The van der Waals surface area contributed by atoms with E-state index in [1.807, 2.05) is 25.2 Å². The lowest BCUT2D eigenvalue weighted by atomic mass is 9.76. The van der Waals surface area contributed by atoms with E-state index in [-0.39, 0.29) is 22.4 Å². The minimum absolute atomic E-state index is 0.113. The first-order valence-corrected chi connectivity index (χ1v) is 11.6. The number of hydrogen-bond acceptors (Lipinski definition) is 6. The number of aliphatic hydroxyl groups is 1. The number of aromatic nitrogens is 3. The summed E-state index contributed by atoms with van der Waals surface area (Å²) in [7, 11) is 0. The van der Waals surface area contributed by atoms with Gasteiger partial charge in [-0.1, -0.05) is 18.5 Å². The highest BCUT2D eigenvalue weighted by Crippen LogP contribution is 2.41. The molecule has 1 aliphatic rings. The van der Waals surface area contributed by atoms with Gasteiger partial charge < -0.3 is 20.9 Å². The average molecular weight is 490 g/mol. The van der Waals surface area contributed by atoms with Crippen molar-refractivity contribution in [3.8, 4) is 5.75 Å². The second-order valence-electron chi connectivity index (χ2n) is 9.52. The van der Waals surface area contributed by atoms with Crippen LogP contribution >= 0.6 is 11.6 Å². The fraction of sp³-hybridized carbons (Fsp3) is 0.458. The molecular weight excluding hydrogens is 461 g/mol. The van der Waals surface area contributed by atoms with Gasteiger partial charge in [0.2, 0.25) is 0 Å². The Labute approximate surface area is 202 Å². The van der Waals surface area contributed by atoms with Gasteiger partial charge in [-0.15, -0.1) is 0 Å². The molecule has 4 rings (SSSR count). The molecule has 0 unspecified atom stereocenters. The molecule has 3 aromatic rings. The fourth-order valence-corrected chi connectivity index (χ4v) is 4.86. The number of ether oxygens (including phenoxy) is 1. The highest BCUT2D eigenvalue weighted by Gasteiger charge is 2.42. The van der Waals surface area contributed by atoms with E-state index in [0.717, 1.165) is 0 Å². The maximum atomic E-state index is 15.3. The molecule has 10 heteroatoms. The zero-order valence-corrected chi connectivity index (χ0v) is 20.6. The summed E-state index contributed by atoms with van der Waals surface area (Å²) in [5.41, 5.74) is 7.06. The van der Waals surface area contributed by atoms with Crippen LogP contribution in [-0.2, 0) is 0 Å². The van der Waals surface area contributed by atoms with E-state index in [1.165, 1.54) is 6.07 Å². The normalized spacial score (nSPS) is 20.9. The monoisotopic (exact) mass is 489 g/mol. The third kappa shape index (κ3) is 4.18. The minimum atomic E-state index is -0.855. The maximum absolute atomic E-state index is 15.3. The molecular formula is C24H29ClFN5O3. The van der Waals surface area contributed by atoms with Crippen molar-refractivity contribution in [2.24, 2.45) is 0 Å². The van der Waals surface area contributed by atoms with E-state index < -0.39 is 29.3 Å². The van der Waals surface area contributed by atoms with Crippen LogP contribution in [0.1, 0.15) is 73.9 Å². The van der Waals surface area contributed by atoms with Crippen LogP contribution in [0.4, 0.5) is 10.2 Å². The molecule has 1 saturated carbocycles. The average Bonchev–Trinajstić information content (AvgIpc) is 3.06. The molecule has 1 amide bonds. The number of carbonyl (C=O) groups is 1. The second kappa shape index (κ2) is 8.70. The Morgan fingerprint density at radius 2 is 2.09 bits per heavy atom. The topological polar surface area (TPSA) is 115 Å². The van der Waals surface area contributed by atoms with E-state index in [0.29, 0.717) is 41.3 Å². The summed E-state index contributed by atoms with van der Waals surface area (Å²) in [6, 6.07) is 1.48. The van der Waals surface area contributed by atoms with Crippen molar-refractivity contribution < 1.29 is 19.0 Å². The molecule has 34 heavy (non-hydrogen) atoms. The van der Waals surface area contributed by atoms with E-state index in [1.54, 1.807) is 26.2 Å². The molecule has 2 aromatic heterocycles. The van der Waals surface area contributed by atoms with Crippen molar-refractivity contribution in [2.75, 3.05) is 5.73 Å². The number of aliphatic hydroxyl groups excluding tert-OH is 1. The number of nitrogens with two attached hydrogens (primary N) is 1. The Hall–Kier alpha value is -2.91. The van der Waals surface area contributed by atoms with Gasteiger partial charge in [0.05, 0.1) is 22.9 Å². The molecule has 1 aromatic carbocycles. The van der Waals surface area contributed by atoms with Gasteiger partial charge >= 0.3 is 0 Å². The van der Waals surface area contributed by atoms with E-state index in [9.17, 15) is 9.90 Å². The van der Waals surface area contributed by atoms with Crippen LogP contribution in [0.15, 0.2) is 18.5 Å². The van der Waals surface area contributed by atoms with Gasteiger partial charge in [-0.3, -0.25) is 9.20 Å². The van der Waals surface area contributed by atoms with Crippen LogP contribution in [0.5, 0.6) is 5.75 Å². The van der Waals surface area contributed by atoms with Gasteiger partial charge in [0.15, 0.2) is 5.82 Å². The number of nitrogens with one attached hydrogen (secondary N) is 1. The summed E-state index contributed by atoms with van der Waals surface area (Å²) in [5, 5.41) is 12.3. The van der Waals surface area contributed by atoms with Crippen molar-refractivity contribution in [3.05, 3.63) is 51.9 Å². The standard InChI is InChI=1S/C24H29ClFN5O3/c1-11(2)34-20-15(12(3)22-29-13(4)19-21(27)28-6-7-31(19)22)8-16(25)18(26)17(20)23(33)30-24(5)9-14(32)10-24/h6-8,11-12,14,32H,9-10H2,1-5H3,(H2,27,28)(H,30,33)/t12-,14-,24+/m0/s1. The summed E-state index contributed by atoms with van der Waals surface area (Å²) in [6.45, 7) is 9.12. The summed E-state index contributed by atoms with van der Waals surface area (Å²) in [5.74, 6) is -0.844. The van der Waals surface area contributed by atoms with Crippen LogP contribution in [0, 0.1) is 12.7 Å². The molecule has 1 fully saturated rings. The Kier molecular flexibility index (Phi) is 6.20. The van der Waals surface area contributed by atoms with Crippen molar-refractivity contribution in [3.63, 3.8) is 0 Å². The minimum Gasteiger partial charge on any atom is -0.490 e. The Balaban J connectivity index is 1.86. The van der Waals surface area contributed by atoms with Gasteiger partial charge in [-0.05, 0) is 46.6 Å². The third-order valence-corrected chi connectivity index (χ3v) is 6.48. The van der Waals surface area contributed by atoms with Gasteiger partial charge in [0.1, 0.15) is 28.5 Å². The summed E-state index contributed by atoms with van der Waals surface area (Å²) >= 11 is 6.29. The zero-order chi connectivity index (χ0) is 24.9. The lowest BCUT2D eigenvalue weighted by Crippen LogP contribution is -2.57. The first-order valence-electron chi connectivity index (χ1n) is 11.2. The van der Waals surface area contributed by atoms with Crippen molar-refractivity contribution in [1.29, 1.82) is 0 Å². The number of rotatable bonds is 6. The van der Waals surface area contributed by atoms with Gasteiger partial charge in [0, 0.05) is 29.4 Å². The molecule has 1 atom stereocenters. The molecule has 0 aliphatic heterocycles. The molecule has 0 radical (unpaired) electrons. The quantitative estimate of drug-likeness (QED) is 0.482. The smallest absolute Gasteiger partial charge is 0.258 e. The number of aryl methyl sites for hydroxylation is 1. The molecule has 8 nitrogen and oxygen atoms in total. The Morgan fingerprint density at radius 1 is 1.41 bits per heavy atom. The maximum Gasteiger partial charge on any atom is 0.258 e. The van der Waals surface area contributed by atoms with Gasteiger partial charge in [-0.2, -0.15) is 0 Å². The van der Waals surface area contributed by atoms with E-state index >= 15 is 4.39 Å². The number of amides is 1. The molecule has 2 heterocycles. The van der Waals surface area contributed by atoms with Crippen LogP contribution < -0.4 is 15.8 Å². The summed E-state index contributed by atoms with van der Waals surface area (Å²) in [6.07, 6.45) is 3.28. The highest BCUT2D eigenvalue weighted by atomic mass is 35.5. The second-order valence-corrected chi connectivity index (χ2v) is 9.92. The summed E-state index contributed by atoms with van der Waals surface area (Å²) in [4.78, 5) is 22.1. The number of fused-ring (bicyclic) bond motifs is 1. The molecule has 4 N–H and O–H groups in total. The lowest BCUT2D eigenvalue weighted by Gasteiger charge is -2.43. The number of anilines is 1. The number of halogens is 2. The van der Waals surface area contributed by atoms with Gasteiger partial charge in [-0.25, -0.2) is 14.4 Å². The van der Waals surface area contributed by atoms with Gasteiger partial charge in [0.25, 0.3) is 5.91 Å². The Bertz CT molecular complexity index is 1270. The predicted octanol–water partition coefficient (Wildman–Crippen LogP) is 3.99. The number of nitrogens with zero attached hydrogens (tertiary/aromatic N) is 3. The molecule has 0 saturated heterocycles. The fourth-order valence-electron chi connectivity index (χ4n) is 4.65. The van der Waals surface area contributed by atoms with E-state index in [4.69, 9.17) is 22.1 Å². The number of nitrogen functional groups attached to an aromatic ring is 1. The van der Waals surface area contributed by atoms with Crippen molar-refractivity contribution >= 4 is 28.8 Å². The van der Waals surface area contributed by atoms with Crippen LogP contribution in [0.3, 0.4) is 0 Å². The van der Waals surface area contributed by atoms with Crippen molar-refractivity contribution in [2.45, 2.75) is 71.1 Å². The SMILES string of the molecule is Cc1nc([C@@H](C)c2cc(Cl)c(F)c(C(=O)N[C@]3(C)C[C@H](O)C3)c2OC(C)C)n2ccnc(N)c12. The Morgan fingerprint density at radius 3 is 2.71 bits per heavy atom. The largest absolute Gasteiger partial charge is 0.490 e. The number of carbonyl (C=O) groups excluding carboxylic acids is 1. The zero-order valence-electron chi connectivity index (χ0n) is 19.8. The first-order chi connectivity index (χ1) is 15.9. The highest BCUT2D eigenvalue weighted by molar-refractivity contribution is 6.31. The third-order valence-electron chi connectivity index (χ3n) is 6.21. The lowest BCUT2D eigenvalue weighted by molar-refractivity contribution is 0.0126. The summed E-state index contributed by atoms with van der Waals surface area (Å²) < 4.78 is 23.2. The van der Waals surface area contributed by atoms with E-state index in [2.05, 4.69) is 15.3 Å². The molecule has 0 bridgehead atoms. The molecule has 0 spiro atoms. The first kappa shape index (κ1) is 24.2.